The van der Waals surface area contributed by atoms with Crippen molar-refractivity contribution in [3.8, 4) is 0 Å². The molecule has 0 radical (unpaired) electrons. The van der Waals surface area contributed by atoms with Gasteiger partial charge in [0, 0.05) is 20.0 Å². The van der Waals surface area contributed by atoms with E-state index < -0.39 is 0 Å². The van der Waals surface area contributed by atoms with Crippen molar-refractivity contribution in [2.75, 3.05) is 18.9 Å². The Hall–Kier alpha value is -1.65. The number of hydrogen-bond acceptors (Lipinski definition) is 4. The lowest BCUT2D eigenvalue weighted by atomic mass is 10.0. The van der Waals surface area contributed by atoms with Crippen LogP contribution in [-0.4, -0.2) is 34.4 Å². The van der Waals surface area contributed by atoms with Crippen LogP contribution < -0.4 is 5.32 Å². The molecular weight excluding hydrogens is 228 g/mol. The molecule has 98 valence electrons. The highest BCUT2D eigenvalue weighted by Gasteiger charge is 2.28. The number of nitrogens with zero attached hydrogens (tertiary/aromatic N) is 3. The van der Waals surface area contributed by atoms with Gasteiger partial charge in [0.05, 0.1) is 24.6 Å². The predicted octanol–water partition coefficient (Wildman–Crippen LogP) is 1.67. The summed E-state index contributed by atoms with van der Waals surface area (Å²) < 4.78 is 0. The lowest BCUT2D eigenvalue weighted by Crippen LogP contribution is -2.25. The van der Waals surface area contributed by atoms with Crippen LogP contribution in [0.3, 0.4) is 0 Å². The number of anilines is 1. The van der Waals surface area contributed by atoms with Crippen molar-refractivity contribution in [3.05, 3.63) is 18.1 Å². The van der Waals surface area contributed by atoms with Crippen LogP contribution in [0.5, 0.6) is 0 Å². The molecule has 0 aromatic carbocycles. The minimum absolute atomic E-state index is 0.243. The first-order chi connectivity index (χ1) is 8.72. The van der Waals surface area contributed by atoms with E-state index >= 15 is 0 Å². The van der Waals surface area contributed by atoms with Gasteiger partial charge in [0.2, 0.25) is 5.91 Å². The van der Waals surface area contributed by atoms with Gasteiger partial charge in [-0.25, -0.2) is 4.98 Å². The summed E-state index contributed by atoms with van der Waals surface area (Å²) in [7, 11) is 1.81. The largest absolute Gasteiger partial charge is 0.372 e. The van der Waals surface area contributed by atoms with E-state index in [1.165, 1.54) is 0 Å². The molecule has 1 aliphatic heterocycles. The number of hydrogen-bond donors (Lipinski definition) is 1. The summed E-state index contributed by atoms with van der Waals surface area (Å²) in [5, 5.41) is 2.93. The Morgan fingerprint density at radius 2 is 2.28 bits per heavy atom. The molecule has 1 atom stereocenters. The third-order valence-electron chi connectivity index (χ3n) is 3.31. The van der Waals surface area contributed by atoms with Gasteiger partial charge < -0.3 is 10.2 Å². The number of carbonyl (C=O) groups excluding carboxylic acids is 1. The molecular formula is C13H20N4O. The molecule has 2 rings (SSSR count). The second-order valence-corrected chi connectivity index (χ2v) is 4.78. The first kappa shape index (κ1) is 12.8. The Morgan fingerprint density at radius 1 is 1.44 bits per heavy atom. The number of amides is 1. The highest BCUT2D eigenvalue weighted by atomic mass is 16.2. The number of rotatable bonds is 5. The minimum Gasteiger partial charge on any atom is -0.372 e. The molecule has 0 saturated carbocycles. The first-order valence-corrected chi connectivity index (χ1v) is 6.49. The Bertz CT molecular complexity index is 404. The zero-order valence-corrected chi connectivity index (χ0v) is 11.0. The molecule has 5 nitrogen and oxygen atoms in total. The van der Waals surface area contributed by atoms with Gasteiger partial charge in [0.1, 0.15) is 5.82 Å². The summed E-state index contributed by atoms with van der Waals surface area (Å²) in [6.07, 6.45) is 6.39. The fourth-order valence-corrected chi connectivity index (χ4v) is 2.37. The molecule has 2 heterocycles. The highest BCUT2D eigenvalue weighted by molar-refractivity contribution is 5.78. The van der Waals surface area contributed by atoms with E-state index in [0.717, 1.165) is 30.9 Å². The molecule has 1 N–H and O–H groups in total. The van der Waals surface area contributed by atoms with Crippen molar-refractivity contribution in [3.63, 3.8) is 0 Å². The van der Waals surface area contributed by atoms with Gasteiger partial charge in [-0.15, -0.1) is 0 Å². The summed E-state index contributed by atoms with van der Waals surface area (Å²) in [6, 6.07) is 0. The average molecular weight is 248 g/mol. The Kier molecular flexibility index (Phi) is 4.12. The first-order valence-electron chi connectivity index (χ1n) is 6.49. The van der Waals surface area contributed by atoms with E-state index in [2.05, 4.69) is 22.2 Å². The lowest BCUT2D eigenvalue weighted by Gasteiger charge is -2.15. The molecule has 0 bridgehead atoms. The van der Waals surface area contributed by atoms with Gasteiger partial charge in [-0.1, -0.05) is 13.3 Å². The van der Waals surface area contributed by atoms with E-state index in [-0.39, 0.29) is 5.91 Å². The molecule has 1 fully saturated rings. The Labute approximate surface area is 108 Å². The molecule has 1 unspecified atom stereocenters. The van der Waals surface area contributed by atoms with Gasteiger partial charge >= 0.3 is 0 Å². The molecule has 5 heteroatoms. The molecule has 1 saturated heterocycles. The van der Waals surface area contributed by atoms with Crippen LogP contribution in [0.25, 0.3) is 0 Å². The zero-order chi connectivity index (χ0) is 13.0. The van der Waals surface area contributed by atoms with E-state index in [1.807, 2.05) is 11.9 Å². The van der Waals surface area contributed by atoms with E-state index in [0.29, 0.717) is 18.9 Å². The second-order valence-electron chi connectivity index (χ2n) is 4.78. The van der Waals surface area contributed by atoms with Gasteiger partial charge in [0.15, 0.2) is 0 Å². The Balaban J connectivity index is 1.94. The Morgan fingerprint density at radius 3 is 2.89 bits per heavy atom. The van der Waals surface area contributed by atoms with Crippen molar-refractivity contribution in [1.82, 2.24) is 14.9 Å². The number of likely N-dealkylation sites (tertiary alicyclic amines) is 1. The number of carbonyl (C=O) groups is 1. The molecule has 1 amide bonds. The van der Waals surface area contributed by atoms with Gasteiger partial charge in [-0.3, -0.25) is 9.78 Å². The van der Waals surface area contributed by atoms with Crippen molar-refractivity contribution in [2.24, 2.45) is 5.92 Å². The van der Waals surface area contributed by atoms with Crippen molar-refractivity contribution >= 4 is 11.7 Å². The molecule has 0 aliphatic carbocycles. The van der Waals surface area contributed by atoms with Gasteiger partial charge in [-0.2, -0.15) is 0 Å². The summed E-state index contributed by atoms with van der Waals surface area (Å²) in [4.78, 5) is 22.3. The normalized spacial score (nSPS) is 19.3. The van der Waals surface area contributed by atoms with Crippen molar-refractivity contribution < 1.29 is 4.79 Å². The van der Waals surface area contributed by atoms with Crippen LogP contribution >= 0.6 is 0 Å². The second kappa shape index (κ2) is 5.80. The van der Waals surface area contributed by atoms with Crippen LogP contribution in [0, 0.1) is 5.92 Å². The predicted molar refractivity (Wildman–Crippen MR) is 70.0 cm³/mol. The fraction of sp³-hybridized carbons (Fsp3) is 0.615. The third-order valence-corrected chi connectivity index (χ3v) is 3.31. The highest BCUT2D eigenvalue weighted by Crippen LogP contribution is 2.23. The fourth-order valence-electron chi connectivity index (χ4n) is 2.37. The van der Waals surface area contributed by atoms with Crippen LogP contribution in [0.4, 0.5) is 5.82 Å². The maximum Gasteiger partial charge on any atom is 0.223 e. The van der Waals surface area contributed by atoms with Crippen molar-refractivity contribution in [1.29, 1.82) is 0 Å². The van der Waals surface area contributed by atoms with Gasteiger partial charge in [0.25, 0.3) is 0 Å². The van der Waals surface area contributed by atoms with E-state index in [9.17, 15) is 4.79 Å². The van der Waals surface area contributed by atoms with Crippen LogP contribution in [0.2, 0.25) is 0 Å². The molecule has 1 aromatic rings. The standard InChI is InChI=1S/C13H20N4O/c1-3-4-10-5-13(18)17(8-10)9-11-6-16-12(14-2)7-15-11/h6-7,10H,3-5,8-9H2,1-2H3,(H,14,16). The number of aromatic nitrogens is 2. The third kappa shape index (κ3) is 2.97. The molecule has 0 spiro atoms. The summed E-state index contributed by atoms with van der Waals surface area (Å²) in [5.41, 5.74) is 0.847. The molecule has 1 aliphatic rings. The topological polar surface area (TPSA) is 58.1 Å². The van der Waals surface area contributed by atoms with E-state index in [1.54, 1.807) is 12.4 Å². The summed E-state index contributed by atoms with van der Waals surface area (Å²) in [6.45, 7) is 3.60. The van der Waals surface area contributed by atoms with Crippen molar-refractivity contribution in [2.45, 2.75) is 32.7 Å². The monoisotopic (exact) mass is 248 g/mol. The minimum atomic E-state index is 0.243. The lowest BCUT2D eigenvalue weighted by molar-refractivity contribution is -0.128. The van der Waals surface area contributed by atoms with E-state index in [4.69, 9.17) is 0 Å². The zero-order valence-electron chi connectivity index (χ0n) is 11.0. The smallest absolute Gasteiger partial charge is 0.223 e. The average Bonchev–Trinajstić information content (AvgIpc) is 2.71. The summed E-state index contributed by atoms with van der Waals surface area (Å²) >= 11 is 0. The van der Waals surface area contributed by atoms with Crippen LogP contribution in [0.1, 0.15) is 31.9 Å². The van der Waals surface area contributed by atoms with Crippen LogP contribution in [0.15, 0.2) is 12.4 Å². The maximum atomic E-state index is 11.9. The molecule has 1 aromatic heterocycles. The SMILES string of the molecule is CCCC1CC(=O)N(Cc2cnc(NC)cn2)C1. The van der Waals surface area contributed by atoms with Crippen LogP contribution in [-0.2, 0) is 11.3 Å². The molecule has 18 heavy (non-hydrogen) atoms. The van der Waals surface area contributed by atoms with Gasteiger partial charge in [-0.05, 0) is 12.3 Å². The maximum absolute atomic E-state index is 11.9. The number of nitrogens with one attached hydrogen (secondary N) is 1. The quantitative estimate of drug-likeness (QED) is 0.861. The summed E-state index contributed by atoms with van der Waals surface area (Å²) in [5.74, 6) is 1.51.